The average molecular weight is 659 g/mol. The molecule has 4 aliphatic heterocycles. The summed E-state index contributed by atoms with van der Waals surface area (Å²) in [5.41, 5.74) is -0.989. The Morgan fingerprint density at radius 1 is 1.22 bits per heavy atom. The SMILES string of the molecule is CC(C)(C)OC(=O)N1CCCC(N2CCOc3c(Cl)c(Br)c(F)c4nc(OC[C@@]56CCCN5C[C@H](F)C6)nc2c34)C1. The highest BCUT2D eigenvalue weighted by molar-refractivity contribution is 9.10. The third-order valence-electron chi connectivity index (χ3n) is 8.46. The molecule has 3 fully saturated rings. The van der Waals surface area contributed by atoms with E-state index in [1.165, 1.54) is 0 Å². The van der Waals surface area contributed by atoms with Crippen molar-refractivity contribution >= 4 is 50.3 Å². The highest BCUT2D eigenvalue weighted by Crippen LogP contribution is 2.47. The number of likely N-dealkylation sites (tertiary alicyclic amines) is 1. The van der Waals surface area contributed by atoms with Gasteiger partial charge >= 0.3 is 12.1 Å². The van der Waals surface area contributed by atoms with Crippen LogP contribution in [0.4, 0.5) is 19.4 Å². The van der Waals surface area contributed by atoms with E-state index in [0.717, 1.165) is 32.2 Å². The van der Waals surface area contributed by atoms with Gasteiger partial charge in [0.05, 0.1) is 21.9 Å². The van der Waals surface area contributed by atoms with Crippen LogP contribution in [0.5, 0.6) is 11.8 Å². The summed E-state index contributed by atoms with van der Waals surface area (Å²) < 4.78 is 48.0. The topological polar surface area (TPSA) is 80.3 Å². The first-order valence-electron chi connectivity index (χ1n) is 14.2. The van der Waals surface area contributed by atoms with E-state index in [9.17, 15) is 9.18 Å². The summed E-state index contributed by atoms with van der Waals surface area (Å²) in [4.78, 5) is 28.1. The van der Waals surface area contributed by atoms with E-state index in [2.05, 4.69) is 25.8 Å². The van der Waals surface area contributed by atoms with Crippen LogP contribution >= 0.6 is 27.5 Å². The van der Waals surface area contributed by atoms with Crippen molar-refractivity contribution in [3.8, 4) is 11.8 Å². The monoisotopic (exact) mass is 657 g/mol. The van der Waals surface area contributed by atoms with E-state index in [-0.39, 0.29) is 46.4 Å². The fraction of sp³-hybridized carbons (Fsp3) is 0.679. The van der Waals surface area contributed by atoms with Gasteiger partial charge in [0.2, 0.25) is 0 Å². The third-order valence-corrected chi connectivity index (χ3v) is 9.79. The van der Waals surface area contributed by atoms with Crippen molar-refractivity contribution in [2.45, 2.75) is 76.2 Å². The zero-order valence-electron chi connectivity index (χ0n) is 23.5. The van der Waals surface area contributed by atoms with Crippen molar-refractivity contribution in [2.24, 2.45) is 0 Å². The van der Waals surface area contributed by atoms with Gasteiger partial charge in [-0.25, -0.2) is 13.6 Å². The van der Waals surface area contributed by atoms with Crippen molar-refractivity contribution in [2.75, 3.05) is 50.8 Å². The highest BCUT2D eigenvalue weighted by atomic mass is 79.9. The minimum Gasteiger partial charge on any atom is -0.489 e. The summed E-state index contributed by atoms with van der Waals surface area (Å²) in [6.07, 6.45) is 2.50. The Labute approximate surface area is 251 Å². The largest absolute Gasteiger partial charge is 0.489 e. The average Bonchev–Trinajstić information content (AvgIpc) is 3.37. The Bertz CT molecular complexity index is 1360. The van der Waals surface area contributed by atoms with Crippen LogP contribution in [0.3, 0.4) is 0 Å². The van der Waals surface area contributed by atoms with Gasteiger partial charge < -0.3 is 24.0 Å². The van der Waals surface area contributed by atoms with Crippen LogP contribution in [0.25, 0.3) is 10.9 Å². The van der Waals surface area contributed by atoms with E-state index in [0.29, 0.717) is 49.6 Å². The Morgan fingerprint density at radius 3 is 2.80 bits per heavy atom. The molecule has 0 bridgehead atoms. The number of rotatable bonds is 4. The predicted molar refractivity (Wildman–Crippen MR) is 154 cm³/mol. The maximum atomic E-state index is 15.7. The number of fused-ring (bicyclic) bond motifs is 1. The normalized spacial score (nSPS) is 26.6. The summed E-state index contributed by atoms with van der Waals surface area (Å²) >= 11 is 9.81. The van der Waals surface area contributed by atoms with E-state index in [1.54, 1.807) is 4.90 Å². The lowest BCUT2D eigenvalue weighted by atomic mass is 9.95. The number of carbonyl (C=O) groups excluding carboxylic acids is 1. The molecule has 224 valence electrons. The fourth-order valence-corrected chi connectivity index (χ4v) is 7.27. The van der Waals surface area contributed by atoms with Crippen molar-refractivity contribution in [3.05, 3.63) is 15.3 Å². The Hall–Kier alpha value is -2.18. The summed E-state index contributed by atoms with van der Waals surface area (Å²) in [6, 6.07) is -0.116. The molecule has 0 radical (unpaired) electrons. The molecule has 0 aliphatic carbocycles. The second-order valence-electron chi connectivity index (χ2n) is 12.5. The minimum absolute atomic E-state index is 0.0156. The standard InChI is InChI=1S/C28H35BrClF2N5O4/c1-27(2,3)41-26(38)35-8-4-6-17(14-35)37-10-11-39-23-18-22(21(32)19(29)20(23)30)33-25(34-24(18)37)40-15-28-7-5-9-36(28)13-16(31)12-28/h16-17H,4-15H2,1-3H3/t16-,17?,28+/m1/s1. The van der Waals surface area contributed by atoms with Crippen LogP contribution in [-0.4, -0.2) is 95.2 Å². The number of carbonyl (C=O) groups is 1. The second kappa shape index (κ2) is 10.8. The number of anilines is 1. The van der Waals surface area contributed by atoms with Gasteiger partial charge in [-0.05, 0) is 68.9 Å². The van der Waals surface area contributed by atoms with Gasteiger partial charge in [0.1, 0.15) is 41.3 Å². The highest BCUT2D eigenvalue weighted by Gasteiger charge is 2.49. The van der Waals surface area contributed by atoms with Crippen molar-refractivity contribution in [1.29, 1.82) is 0 Å². The van der Waals surface area contributed by atoms with Gasteiger partial charge in [0, 0.05) is 32.1 Å². The molecular weight excluding hydrogens is 624 g/mol. The lowest BCUT2D eigenvalue weighted by Crippen LogP contribution is -2.52. The molecule has 13 heteroatoms. The third kappa shape index (κ3) is 5.40. The number of alkyl halides is 1. The first kappa shape index (κ1) is 28.9. The van der Waals surface area contributed by atoms with Crippen molar-refractivity contribution in [1.82, 2.24) is 19.8 Å². The second-order valence-corrected chi connectivity index (χ2v) is 13.6. The number of halogens is 4. The van der Waals surface area contributed by atoms with Crippen LogP contribution in [-0.2, 0) is 4.74 Å². The first-order chi connectivity index (χ1) is 19.5. The summed E-state index contributed by atoms with van der Waals surface area (Å²) in [5, 5.41) is 0.468. The van der Waals surface area contributed by atoms with Crippen LogP contribution in [0, 0.1) is 5.82 Å². The Kier molecular flexibility index (Phi) is 7.64. The molecule has 1 unspecified atom stereocenters. The number of hydrogen-bond donors (Lipinski definition) is 0. The number of benzene rings is 1. The molecule has 3 saturated heterocycles. The quantitative estimate of drug-likeness (QED) is 0.385. The van der Waals surface area contributed by atoms with Crippen LogP contribution in [0.15, 0.2) is 4.47 Å². The number of aromatic nitrogens is 2. The van der Waals surface area contributed by atoms with Gasteiger partial charge in [-0.2, -0.15) is 9.97 Å². The molecule has 1 aromatic heterocycles. The van der Waals surface area contributed by atoms with E-state index in [4.69, 9.17) is 30.8 Å². The molecule has 2 aromatic rings. The molecule has 0 spiro atoms. The van der Waals surface area contributed by atoms with Gasteiger partial charge in [0.15, 0.2) is 11.6 Å². The van der Waals surface area contributed by atoms with Crippen LogP contribution < -0.4 is 14.4 Å². The summed E-state index contributed by atoms with van der Waals surface area (Å²) in [5.74, 6) is 0.102. The maximum Gasteiger partial charge on any atom is 0.410 e. The van der Waals surface area contributed by atoms with Gasteiger partial charge in [0.25, 0.3) is 0 Å². The molecule has 9 nitrogen and oxygen atoms in total. The van der Waals surface area contributed by atoms with E-state index in [1.807, 2.05) is 25.7 Å². The van der Waals surface area contributed by atoms with Gasteiger partial charge in [-0.1, -0.05) is 11.6 Å². The Balaban J connectivity index is 1.37. The molecule has 0 saturated carbocycles. The zero-order valence-corrected chi connectivity index (χ0v) is 25.9. The molecule has 1 aromatic carbocycles. The van der Waals surface area contributed by atoms with Crippen LogP contribution in [0.1, 0.15) is 52.9 Å². The van der Waals surface area contributed by atoms with Gasteiger partial charge in [-0.15, -0.1) is 0 Å². The first-order valence-corrected chi connectivity index (χ1v) is 15.4. The molecule has 41 heavy (non-hydrogen) atoms. The number of amides is 1. The number of ether oxygens (including phenoxy) is 3. The summed E-state index contributed by atoms with van der Waals surface area (Å²) in [7, 11) is 0. The number of hydrogen-bond acceptors (Lipinski definition) is 8. The number of piperidine rings is 1. The van der Waals surface area contributed by atoms with E-state index < -0.39 is 23.1 Å². The number of nitrogens with zero attached hydrogens (tertiary/aromatic N) is 5. The lowest BCUT2D eigenvalue weighted by molar-refractivity contribution is 0.0197. The fourth-order valence-electron chi connectivity index (χ4n) is 6.67. The Morgan fingerprint density at radius 2 is 2.02 bits per heavy atom. The minimum atomic E-state index is -0.897. The van der Waals surface area contributed by atoms with Crippen LogP contribution in [0.2, 0.25) is 5.02 Å². The van der Waals surface area contributed by atoms with Gasteiger partial charge in [-0.3, -0.25) is 4.90 Å². The molecule has 0 N–H and O–H groups in total. The zero-order chi connectivity index (χ0) is 29.1. The van der Waals surface area contributed by atoms with E-state index >= 15 is 4.39 Å². The van der Waals surface area contributed by atoms with Crippen molar-refractivity contribution < 1.29 is 27.8 Å². The smallest absolute Gasteiger partial charge is 0.410 e. The summed E-state index contributed by atoms with van der Waals surface area (Å²) in [6.45, 7) is 8.68. The van der Waals surface area contributed by atoms with Crippen molar-refractivity contribution in [3.63, 3.8) is 0 Å². The lowest BCUT2D eigenvalue weighted by Gasteiger charge is -2.40. The molecular formula is C28H35BrClF2N5O4. The molecule has 1 amide bonds. The predicted octanol–water partition coefficient (Wildman–Crippen LogP) is 5.74. The molecule has 5 heterocycles. The molecule has 6 rings (SSSR count). The molecule has 4 aliphatic rings. The maximum absolute atomic E-state index is 15.7. The molecule has 3 atom stereocenters.